The fraction of sp³-hybridized carbons (Fsp3) is 0.615. The van der Waals surface area contributed by atoms with Crippen molar-refractivity contribution < 1.29 is 9.53 Å². The van der Waals surface area contributed by atoms with Crippen molar-refractivity contribution in [3.05, 3.63) is 20.8 Å². The normalized spacial score (nSPS) is 13.1. The molecule has 19 heavy (non-hydrogen) atoms. The van der Waals surface area contributed by atoms with E-state index in [1.165, 1.54) is 4.88 Å². The molecule has 4 nitrogen and oxygen atoms in total. The summed E-state index contributed by atoms with van der Waals surface area (Å²) in [5.41, 5.74) is -0.450. The second kappa shape index (κ2) is 7.26. The van der Waals surface area contributed by atoms with E-state index in [0.717, 1.165) is 4.47 Å². The quantitative estimate of drug-likeness (QED) is 0.798. The summed E-state index contributed by atoms with van der Waals surface area (Å²) in [6.07, 6.45) is -0.374. The minimum absolute atomic E-state index is 0.275. The predicted molar refractivity (Wildman–Crippen MR) is 82.7 cm³/mol. The molecule has 1 rings (SSSR count). The van der Waals surface area contributed by atoms with E-state index in [1.807, 2.05) is 20.8 Å². The lowest BCUT2D eigenvalue weighted by Crippen LogP contribution is -2.36. The minimum atomic E-state index is -0.450. The standard InChI is InChI=1S/C13H21BrN2O2S/c1-9(11-7-10(14)8-19-11)15-5-6-16-12(17)18-13(2,3)4/h7-9,15H,5-6H2,1-4H3,(H,16,17). The molecule has 0 spiro atoms. The molecule has 0 saturated carbocycles. The van der Waals surface area contributed by atoms with Crippen molar-refractivity contribution in [3.63, 3.8) is 0 Å². The topological polar surface area (TPSA) is 50.4 Å². The van der Waals surface area contributed by atoms with Crippen molar-refractivity contribution >= 4 is 33.4 Å². The molecular formula is C13H21BrN2O2S. The Labute approximate surface area is 127 Å². The highest BCUT2D eigenvalue weighted by Gasteiger charge is 2.15. The molecule has 0 saturated heterocycles. The molecule has 2 N–H and O–H groups in total. The van der Waals surface area contributed by atoms with Gasteiger partial charge in [-0.3, -0.25) is 0 Å². The van der Waals surface area contributed by atoms with Crippen LogP contribution in [0, 0.1) is 0 Å². The van der Waals surface area contributed by atoms with Gasteiger partial charge < -0.3 is 15.4 Å². The van der Waals surface area contributed by atoms with Gasteiger partial charge in [-0.15, -0.1) is 11.3 Å². The van der Waals surface area contributed by atoms with Crippen molar-refractivity contribution in [2.75, 3.05) is 13.1 Å². The van der Waals surface area contributed by atoms with Gasteiger partial charge in [0.1, 0.15) is 5.60 Å². The van der Waals surface area contributed by atoms with Crippen LogP contribution in [-0.2, 0) is 4.74 Å². The highest BCUT2D eigenvalue weighted by Crippen LogP contribution is 2.24. The zero-order chi connectivity index (χ0) is 14.5. The van der Waals surface area contributed by atoms with Crippen LogP contribution >= 0.6 is 27.3 Å². The zero-order valence-electron chi connectivity index (χ0n) is 11.7. The maximum atomic E-state index is 11.4. The van der Waals surface area contributed by atoms with Crippen LogP contribution in [-0.4, -0.2) is 24.8 Å². The van der Waals surface area contributed by atoms with Crippen LogP contribution in [0.4, 0.5) is 4.79 Å². The third-order valence-electron chi connectivity index (χ3n) is 2.26. The Kier molecular flexibility index (Phi) is 6.29. The van der Waals surface area contributed by atoms with Gasteiger partial charge in [0, 0.05) is 33.9 Å². The lowest BCUT2D eigenvalue weighted by Gasteiger charge is -2.20. The number of carbonyl (C=O) groups excluding carboxylic acids is 1. The van der Waals surface area contributed by atoms with Gasteiger partial charge in [-0.2, -0.15) is 0 Å². The van der Waals surface area contributed by atoms with Crippen LogP contribution in [0.15, 0.2) is 15.9 Å². The molecule has 1 amide bonds. The molecule has 1 unspecified atom stereocenters. The molecule has 0 fully saturated rings. The lowest BCUT2D eigenvalue weighted by molar-refractivity contribution is 0.0528. The Bertz CT molecular complexity index is 415. The average Bonchev–Trinajstić information content (AvgIpc) is 2.68. The van der Waals surface area contributed by atoms with Crippen molar-refractivity contribution in [2.24, 2.45) is 0 Å². The van der Waals surface area contributed by atoms with Crippen LogP contribution in [0.25, 0.3) is 0 Å². The monoisotopic (exact) mass is 348 g/mol. The zero-order valence-corrected chi connectivity index (χ0v) is 14.2. The number of hydrogen-bond acceptors (Lipinski definition) is 4. The molecular weight excluding hydrogens is 328 g/mol. The van der Waals surface area contributed by atoms with Gasteiger partial charge in [-0.25, -0.2) is 4.79 Å². The Hall–Kier alpha value is -0.590. The number of alkyl carbamates (subject to hydrolysis) is 1. The summed E-state index contributed by atoms with van der Waals surface area (Å²) in [4.78, 5) is 12.7. The third-order valence-corrected chi connectivity index (χ3v) is 4.13. The molecule has 0 bridgehead atoms. The van der Waals surface area contributed by atoms with E-state index in [4.69, 9.17) is 4.74 Å². The number of rotatable bonds is 5. The van der Waals surface area contributed by atoms with E-state index in [0.29, 0.717) is 13.1 Å². The highest BCUT2D eigenvalue weighted by molar-refractivity contribution is 9.10. The fourth-order valence-corrected chi connectivity index (χ4v) is 2.90. The molecule has 1 aromatic rings. The Morgan fingerprint density at radius 1 is 1.47 bits per heavy atom. The van der Waals surface area contributed by atoms with Crippen LogP contribution in [0.1, 0.15) is 38.6 Å². The summed E-state index contributed by atoms with van der Waals surface area (Å²) in [6, 6.07) is 2.38. The average molecular weight is 349 g/mol. The van der Waals surface area contributed by atoms with Gasteiger partial charge in [0.05, 0.1) is 0 Å². The van der Waals surface area contributed by atoms with Gasteiger partial charge in [0.2, 0.25) is 0 Å². The lowest BCUT2D eigenvalue weighted by atomic mass is 10.2. The summed E-state index contributed by atoms with van der Waals surface area (Å²) >= 11 is 5.15. The number of halogens is 1. The summed E-state index contributed by atoms with van der Waals surface area (Å²) in [5, 5.41) is 8.13. The first-order valence-electron chi connectivity index (χ1n) is 6.22. The number of ether oxygens (including phenoxy) is 1. The van der Waals surface area contributed by atoms with Crippen LogP contribution in [0.2, 0.25) is 0 Å². The maximum absolute atomic E-state index is 11.4. The molecule has 0 aromatic carbocycles. The van der Waals surface area contributed by atoms with E-state index in [-0.39, 0.29) is 12.1 Å². The Morgan fingerprint density at radius 3 is 2.68 bits per heavy atom. The third kappa shape index (κ3) is 6.94. The van der Waals surface area contributed by atoms with E-state index in [9.17, 15) is 4.79 Å². The van der Waals surface area contributed by atoms with Crippen LogP contribution in [0.3, 0.4) is 0 Å². The van der Waals surface area contributed by atoms with E-state index in [2.05, 4.69) is 44.9 Å². The van der Waals surface area contributed by atoms with Gasteiger partial charge in [0.15, 0.2) is 0 Å². The molecule has 0 aliphatic heterocycles. The van der Waals surface area contributed by atoms with Gasteiger partial charge in [-0.1, -0.05) is 0 Å². The Balaban J connectivity index is 2.19. The minimum Gasteiger partial charge on any atom is -0.444 e. The summed E-state index contributed by atoms with van der Waals surface area (Å²) in [6.45, 7) is 8.90. The van der Waals surface area contributed by atoms with Crippen molar-refractivity contribution in [1.82, 2.24) is 10.6 Å². The molecule has 1 atom stereocenters. The van der Waals surface area contributed by atoms with Crippen molar-refractivity contribution in [2.45, 2.75) is 39.3 Å². The first kappa shape index (κ1) is 16.5. The van der Waals surface area contributed by atoms with Gasteiger partial charge >= 0.3 is 6.09 Å². The molecule has 6 heteroatoms. The van der Waals surface area contributed by atoms with E-state index < -0.39 is 5.60 Å². The van der Waals surface area contributed by atoms with Gasteiger partial charge in [-0.05, 0) is 49.7 Å². The first-order valence-corrected chi connectivity index (χ1v) is 7.89. The predicted octanol–water partition coefficient (Wildman–Crippen LogP) is 3.69. The number of amides is 1. The number of carbonyl (C=O) groups is 1. The second-order valence-corrected chi connectivity index (χ2v) is 7.13. The van der Waals surface area contributed by atoms with Crippen LogP contribution in [0.5, 0.6) is 0 Å². The molecule has 0 aliphatic carbocycles. The smallest absolute Gasteiger partial charge is 0.407 e. The highest BCUT2D eigenvalue weighted by atomic mass is 79.9. The van der Waals surface area contributed by atoms with Crippen molar-refractivity contribution in [1.29, 1.82) is 0 Å². The van der Waals surface area contributed by atoms with E-state index >= 15 is 0 Å². The maximum Gasteiger partial charge on any atom is 0.407 e. The second-order valence-electron chi connectivity index (χ2n) is 5.27. The first-order chi connectivity index (χ1) is 8.78. The van der Waals surface area contributed by atoms with Gasteiger partial charge in [0.25, 0.3) is 0 Å². The van der Waals surface area contributed by atoms with Crippen LogP contribution < -0.4 is 10.6 Å². The Morgan fingerprint density at radius 2 is 2.16 bits per heavy atom. The SMILES string of the molecule is CC(NCCNC(=O)OC(C)(C)C)c1cc(Br)cs1. The summed E-state index contributed by atoms with van der Waals surface area (Å²) in [7, 11) is 0. The fourth-order valence-electron chi connectivity index (χ4n) is 1.42. The molecule has 108 valence electrons. The summed E-state index contributed by atoms with van der Waals surface area (Å²) < 4.78 is 6.26. The largest absolute Gasteiger partial charge is 0.444 e. The van der Waals surface area contributed by atoms with Crippen molar-refractivity contribution in [3.8, 4) is 0 Å². The molecule has 1 heterocycles. The molecule has 1 aromatic heterocycles. The molecule has 0 radical (unpaired) electrons. The number of thiophene rings is 1. The number of nitrogens with one attached hydrogen (secondary N) is 2. The molecule has 0 aliphatic rings. The number of hydrogen-bond donors (Lipinski definition) is 2. The van der Waals surface area contributed by atoms with E-state index in [1.54, 1.807) is 11.3 Å². The summed E-state index contributed by atoms with van der Waals surface area (Å²) in [5.74, 6) is 0.